The van der Waals surface area contributed by atoms with Crippen LogP contribution in [0.3, 0.4) is 0 Å². The van der Waals surface area contributed by atoms with Crippen LogP contribution >= 0.6 is 0 Å². The first-order chi connectivity index (χ1) is 9.15. The molecular formula is C14H15N3O2. The van der Waals surface area contributed by atoms with Gasteiger partial charge in [0.1, 0.15) is 17.9 Å². The smallest absolute Gasteiger partial charge is 0.326 e. The number of fused-ring (bicyclic) bond motifs is 1. The third-order valence-corrected chi connectivity index (χ3v) is 3.18. The first-order valence-corrected chi connectivity index (χ1v) is 6.19. The van der Waals surface area contributed by atoms with Crippen LogP contribution in [-0.4, -0.2) is 22.1 Å². The summed E-state index contributed by atoms with van der Waals surface area (Å²) in [7, 11) is 0. The molecule has 0 saturated heterocycles. The Labute approximate surface area is 111 Å². The highest BCUT2D eigenvalue weighted by Gasteiger charge is 2.21. The predicted octanol–water partition coefficient (Wildman–Crippen LogP) is 1.88. The van der Waals surface area contributed by atoms with Crippen LogP contribution in [0.1, 0.15) is 29.7 Å². The molecule has 1 aliphatic rings. The standard InChI is InChI=1S/C14H15N3O2/c1-2-4-12(14(18)19)17-13-10(8-15)7-9-5-3-6-11(9)16-13/h2,7,12H,1,3-6H2,(H,16,17)(H,18,19). The van der Waals surface area contributed by atoms with Gasteiger partial charge in [0.2, 0.25) is 0 Å². The first kappa shape index (κ1) is 13.1. The van der Waals surface area contributed by atoms with Crippen LogP contribution < -0.4 is 5.32 Å². The molecule has 2 N–H and O–H groups in total. The highest BCUT2D eigenvalue weighted by atomic mass is 16.4. The second-order valence-electron chi connectivity index (χ2n) is 4.52. The maximum atomic E-state index is 11.1. The number of carboxylic acids is 1. The molecule has 5 heteroatoms. The molecule has 1 heterocycles. The van der Waals surface area contributed by atoms with E-state index in [1.54, 1.807) is 0 Å². The normalized spacial score (nSPS) is 14.3. The molecule has 1 aliphatic carbocycles. The Morgan fingerprint density at radius 3 is 3.11 bits per heavy atom. The lowest BCUT2D eigenvalue weighted by atomic mass is 10.1. The van der Waals surface area contributed by atoms with E-state index in [1.807, 2.05) is 6.07 Å². The summed E-state index contributed by atoms with van der Waals surface area (Å²) in [6, 6.07) is 3.07. The van der Waals surface area contributed by atoms with Crippen molar-refractivity contribution in [1.29, 1.82) is 5.26 Å². The molecule has 0 saturated carbocycles. The SMILES string of the molecule is C=CCC(Nc1nc2c(cc1C#N)CCC2)C(=O)O. The minimum absolute atomic E-state index is 0.277. The zero-order valence-electron chi connectivity index (χ0n) is 10.5. The van der Waals surface area contributed by atoms with Gasteiger partial charge in [-0.25, -0.2) is 9.78 Å². The molecule has 5 nitrogen and oxygen atoms in total. The molecule has 1 atom stereocenters. The monoisotopic (exact) mass is 257 g/mol. The first-order valence-electron chi connectivity index (χ1n) is 6.19. The number of hydrogen-bond donors (Lipinski definition) is 2. The predicted molar refractivity (Wildman–Crippen MR) is 70.8 cm³/mol. The van der Waals surface area contributed by atoms with Crippen molar-refractivity contribution in [2.24, 2.45) is 0 Å². The number of rotatable bonds is 5. The Hall–Kier alpha value is -2.35. The van der Waals surface area contributed by atoms with Crippen molar-refractivity contribution in [3.63, 3.8) is 0 Å². The molecule has 0 spiro atoms. The average Bonchev–Trinajstić information content (AvgIpc) is 2.84. The van der Waals surface area contributed by atoms with E-state index in [0.717, 1.165) is 30.5 Å². The molecule has 1 unspecified atom stereocenters. The number of aromatic nitrogens is 1. The van der Waals surface area contributed by atoms with E-state index in [0.29, 0.717) is 11.4 Å². The minimum Gasteiger partial charge on any atom is -0.480 e. The number of aryl methyl sites for hydroxylation is 2. The number of carbonyl (C=O) groups is 1. The van der Waals surface area contributed by atoms with Crippen molar-refractivity contribution in [3.8, 4) is 6.07 Å². The second-order valence-corrected chi connectivity index (χ2v) is 4.52. The van der Waals surface area contributed by atoms with Gasteiger partial charge < -0.3 is 10.4 Å². The van der Waals surface area contributed by atoms with E-state index in [4.69, 9.17) is 10.4 Å². The van der Waals surface area contributed by atoms with Crippen LogP contribution in [-0.2, 0) is 17.6 Å². The topological polar surface area (TPSA) is 86.0 Å². The Morgan fingerprint density at radius 2 is 2.47 bits per heavy atom. The van der Waals surface area contributed by atoms with E-state index < -0.39 is 12.0 Å². The molecule has 0 amide bonds. The molecule has 0 fully saturated rings. The number of anilines is 1. The van der Waals surface area contributed by atoms with Gasteiger partial charge in [-0.1, -0.05) is 6.08 Å². The number of aliphatic carboxylic acids is 1. The summed E-state index contributed by atoms with van der Waals surface area (Å²) in [6.45, 7) is 3.54. The molecular weight excluding hydrogens is 242 g/mol. The largest absolute Gasteiger partial charge is 0.480 e. The zero-order valence-corrected chi connectivity index (χ0v) is 10.5. The Bertz CT molecular complexity index is 561. The van der Waals surface area contributed by atoms with Crippen molar-refractivity contribution in [3.05, 3.63) is 35.5 Å². The average molecular weight is 257 g/mol. The summed E-state index contributed by atoms with van der Waals surface area (Å²) >= 11 is 0. The highest BCUT2D eigenvalue weighted by molar-refractivity contribution is 5.77. The van der Waals surface area contributed by atoms with Crippen molar-refractivity contribution in [1.82, 2.24) is 4.98 Å². The van der Waals surface area contributed by atoms with Gasteiger partial charge in [0, 0.05) is 5.69 Å². The van der Waals surface area contributed by atoms with Crippen molar-refractivity contribution < 1.29 is 9.90 Å². The van der Waals surface area contributed by atoms with Gasteiger partial charge >= 0.3 is 5.97 Å². The van der Waals surface area contributed by atoms with Gasteiger partial charge in [-0.15, -0.1) is 6.58 Å². The Morgan fingerprint density at radius 1 is 1.68 bits per heavy atom. The second kappa shape index (κ2) is 5.53. The molecule has 1 aromatic rings. The van der Waals surface area contributed by atoms with Crippen molar-refractivity contribution in [2.75, 3.05) is 5.32 Å². The van der Waals surface area contributed by atoms with Crippen LogP contribution in [0.5, 0.6) is 0 Å². The molecule has 1 aromatic heterocycles. The van der Waals surface area contributed by atoms with Crippen LogP contribution in [0.4, 0.5) is 5.82 Å². The number of carboxylic acid groups (broad SMARTS) is 1. The highest BCUT2D eigenvalue weighted by Crippen LogP contribution is 2.25. The van der Waals surface area contributed by atoms with E-state index in [-0.39, 0.29) is 6.42 Å². The number of nitriles is 1. The molecule has 19 heavy (non-hydrogen) atoms. The lowest BCUT2D eigenvalue weighted by molar-refractivity contribution is -0.137. The van der Waals surface area contributed by atoms with Crippen LogP contribution in [0.25, 0.3) is 0 Å². The zero-order chi connectivity index (χ0) is 13.8. The molecule has 0 aliphatic heterocycles. The summed E-state index contributed by atoms with van der Waals surface area (Å²) in [5, 5.41) is 21.1. The van der Waals surface area contributed by atoms with Gasteiger partial charge in [0.05, 0.1) is 5.56 Å². The molecule has 0 aromatic carbocycles. The fourth-order valence-corrected chi connectivity index (χ4v) is 2.22. The summed E-state index contributed by atoms with van der Waals surface area (Å²) in [4.78, 5) is 15.5. The Kier molecular flexibility index (Phi) is 3.81. The van der Waals surface area contributed by atoms with Gasteiger partial charge in [-0.05, 0) is 37.3 Å². The van der Waals surface area contributed by atoms with Gasteiger partial charge in [0.25, 0.3) is 0 Å². The number of nitrogens with zero attached hydrogens (tertiary/aromatic N) is 2. The maximum Gasteiger partial charge on any atom is 0.326 e. The number of pyridine rings is 1. The van der Waals surface area contributed by atoms with Gasteiger partial charge in [-0.2, -0.15) is 5.26 Å². The fraction of sp³-hybridized carbons (Fsp3) is 0.357. The summed E-state index contributed by atoms with van der Waals surface area (Å²) in [5.41, 5.74) is 2.46. The van der Waals surface area contributed by atoms with Crippen LogP contribution in [0.15, 0.2) is 18.7 Å². The van der Waals surface area contributed by atoms with E-state index in [1.165, 1.54) is 6.08 Å². The third-order valence-electron chi connectivity index (χ3n) is 3.18. The minimum atomic E-state index is -0.980. The third kappa shape index (κ3) is 2.74. The fourth-order valence-electron chi connectivity index (χ4n) is 2.22. The van der Waals surface area contributed by atoms with Gasteiger partial charge in [-0.3, -0.25) is 0 Å². The van der Waals surface area contributed by atoms with E-state index in [2.05, 4.69) is 22.9 Å². The summed E-state index contributed by atoms with van der Waals surface area (Å²) < 4.78 is 0. The lowest BCUT2D eigenvalue weighted by Crippen LogP contribution is -2.29. The van der Waals surface area contributed by atoms with Gasteiger partial charge in [0.15, 0.2) is 0 Å². The molecule has 0 radical (unpaired) electrons. The maximum absolute atomic E-state index is 11.1. The van der Waals surface area contributed by atoms with E-state index >= 15 is 0 Å². The quantitative estimate of drug-likeness (QED) is 0.786. The number of hydrogen-bond acceptors (Lipinski definition) is 4. The lowest BCUT2D eigenvalue weighted by Gasteiger charge is -2.15. The van der Waals surface area contributed by atoms with Crippen molar-refractivity contribution in [2.45, 2.75) is 31.7 Å². The van der Waals surface area contributed by atoms with Crippen LogP contribution in [0.2, 0.25) is 0 Å². The van der Waals surface area contributed by atoms with Crippen LogP contribution in [0, 0.1) is 11.3 Å². The molecule has 0 bridgehead atoms. The summed E-state index contributed by atoms with van der Waals surface area (Å²) in [6.07, 6.45) is 4.66. The molecule has 98 valence electrons. The Balaban J connectivity index is 2.31. The molecule has 2 rings (SSSR count). The summed E-state index contributed by atoms with van der Waals surface area (Å²) in [5.74, 6) is -0.622. The number of nitrogens with one attached hydrogen (secondary N) is 1. The van der Waals surface area contributed by atoms with Crippen molar-refractivity contribution >= 4 is 11.8 Å². The van der Waals surface area contributed by atoms with E-state index in [9.17, 15) is 4.79 Å².